The Kier molecular flexibility index (Phi) is 5.34. The number of hydrazone groups is 1. The molecule has 0 aromatic rings. The number of hydrogen-bond donors (Lipinski definition) is 0. The summed E-state index contributed by atoms with van der Waals surface area (Å²) in [4.78, 5) is 0. The Morgan fingerprint density at radius 1 is 0.941 bits per heavy atom. The van der Waals surface area contributed by atoms with Crippen LogP contribution in [0.3, 0.4) is 0 Å². The van der Waals surface area contributed by atoms with Gasteiger partial charge in [0.1, 0.15) is 0 Å². The molecular formula is C15H28N2. The molecule has 0 radical (unpaired) electrons. The van der Waals surface area contributed by atoms with E-state index in [-0.39, 0.29) is 0 Å². The quantitative estimate of drug-likeness (QED) is 0.527. The van der Waals surface area contributed by atoms with Crippen molar-refractivity contribution in [1.82, 2.24) is 5.01 Å². The third kappa shape index (κ3) is 4.33. The molecule has 2 nitrogen and oxygen atoms in total. The minimum Gasteiger partial charge on any atom is -0.297 e. The van der Waals surface area contributed by atoms with Gasteiger partial charge in [-0.05, 0) is 25.2 Å². The molecule has 98 valence electrons. The minimum atomic E-state index is 0.714. The zero-order chi connectivity index (χ0) is 11.9. The van der Waals surface area contributed by atoms with Crippen LogP contribution < -0.4 is 0 Å². The van der Waals surface area contributed by atoms with Gasteiger partial charge < -0.3 is 0 Å². The van der Waals surface area contributed by atoms with E-state index >= 15 is 0 Å². The van der Waals surface area contributed by atoms with E-state index in [2.05, 4.69) is 23.4 Å². The highest BCUT2D eigenvalue weighted by molar-refractivity contribution is 5.57. The molecule has 2 saturated carbocycles. The molecule has 0 atom stereocenters. The van der Waals surface area contributed by atoms with E-state index in [1.165, 1.54) is 70.6 Å². The zero-order valence-electron chi connectivity index (χ0n) is 11.4. The van der Waals surface area contributed by atoms with Crippen LogP contribution in [0.15, 0.2) is 5.10 Å². The predicted octanol–water partition coefficient (Wildman–Crippen LogP) is 4.21. The molecule has 0 spiro atoms. The van der Waals surface area contributed by atoms with E-state index in [1.54, 1.807) is 0 Å². The Balaban J connectivity index is 1.67. The Morgan fingerprint density at radius 2 is 1.53 bits per heavy atom. The molecule has 0 aromatic heterocycles. The highest BCUT2D eigenvalue weighted by Crippen LogP contribution is 2.26. The van der Waals surface area contributed by atoms with Gasteiger partial charge in [0.05, 0.1) is 0 Å². The zero-order valence-corrected chi connectivity index (χ0v) is 11.4. The van der Waals surface area contributed by atoms with Crippen molar-refractivity contribution < 1.29 is 0 Å². The maximum atomic E-state index is 4.65. The minimum absolute atomic E-state index is 0.714. The molecule has 0 heterocycles. The molecule has 0 aromatic carbocycles. The highest BCUT2D eigenvalue weighted by atomic mass is 15.4. The molecular weight excluding hydrogens is 208 g/mol. The standard InChI is InChI=1S/C15H28N2/c1-17(15-10-6-3-7-11-15)16-13-12-14-8-4-2-5-9-14/h13-15H,2-12H2,1H3/b16-13-. The van der Waals surface area contributed by atoms with Crippen LogP contribution >= 0.6 is 0 Å². The van der Waals surface area contributed by atoms with Gasteiger partial charge in [0, 0.05) is 19.3 Å². The van der Waals surface area contributed by atoms with Crippen LogP contribution in [0.5, 0.6) is 0 Å². The summed E-state index contributed by atoms with van der Waals surface area (Å²) in [7, 11) is 2.16. The largest absolute Gasteiger partial charge is 0.297 e. The first-order valence-electron chi connectivity index (χ1n) is 7.61. The van der Waals surface area contributed by atoms with Gasteiger partial charge in [-0.2, -0.15) is 5.10 Å². The maximum Gasteiger partial charge on any atom is 0.0467 e. The fraction of sp³-hybridized carbons (Fsp3) is 0.933. The van der Waals surface area contributed by atoms with Gasteiger partial charge in [-0.3, -0.25) is 5.01 Å². The van der Waals surface area contributed by atoms with E-state index in [0.29, 0.717) is 6.04 Å². The van der Waals surface area contributed by atoms with Crippen molar-refractivity contribution >= 4 is 6.21 Å². The van der Waals surface area contributed by atoms with E-state index in [4.69, 9.17) is 0 Å². The van der Waals surface area contributed by atoms with Crippen molar-refractivity contribution in [3.05, 3.63) is 0 Å². The van der Waals surface area contributed by atoms with E-state index in [0.717, 1.165) is 5.92 Å². The van der Waals surface area contributed by atoms with Crippen LogP contribution in [-0.2, 0) is 0 Å². The van der Waals surface area contributed by atoms with Crippen LogP contribution in [-0.4, -0.2) is 24.3 Å². The Morgan fingerprint density at radius 3 is 2.18 bits per heavy atom. The van der Waals surface area contributed by atoms with Crippen molar-refractivity contribution in [2.45, 2.75) is 76.7 Å². The normalized spacial score (nSPS) is 24.3. The molecule has 2 aliphatic carbocycles. The van der Waals surface area contributed by atoms with Gasteiger partial charge in [0.15, 0.2) is 0 Å². The molecule has 17 heavy (non-hydrogen) atoms. The van der Waals surface area contributed by atoms with Crippen LogP contribution in [0.4, 0.5) is 0 Å². The Labute approximate surface area is 106 Å². The molecule has 2 rings (SSSR count). The number of nitrogens with zero attached hydrogens (tertiary/aromatic N) is 2. The number of rotatable bonds is 4. The summed E-state index contributed by atoms with van der Waals surface area (Å²) in [6.45, 7) is 0. The molecule has 0 aliphatic heterocycles. The summed E-state index contributed by atoms with van der Waals surface area (Å²) < 4.78 is 0. The molecule has 0 saturated heterocycles. The highest BCUT2D eigenvalue weighted by Gasteiger charge is 2.16. The maximum absolute atomic E-state index is 4.65. The fourth-order valence-corrected chi connectivity index (χ4v) is 3.30. The van der Waals surface area contributed by atoms with Crippen molar-refractivity contribution in [2.24, 2.45) is 11.0 Å². The van der Waals surface area contributed by atoms with Gasteiger partial charge in [-0.15, -0.1) is 0 Å². The second kappa shape index (κ2) is 7.03. The molecule has 0 unspecified atom stereocenters. The summed E-state index contributed by atoms with van der Waals surface area (Å²) in [6, 6.07) is 0.714. The summed E-state index contributed by atoms with van der Waals surface area (Å²) in [5, 5.41) is 6.87. The van der Waals surface area contributed by atoms with Crippen molar-refractivity contribution in [2.75, 3.05) is 7.05 Å². The summed E-state index contributed by atoms with van der Waals surface area (Å²) >= 11 is 0. The van der Waals surface area contributed by atoms with Crippen molar-refractivity contribution in [1.29, 1.82) is 0 Å². The lowest BCUT2D eigenvalue weighted by molar-refractivity contribution is 0.199. The molecule has 2 fully saturated rings. The van der Waals surface area contributed by atoms with Gasteiger partial charge in [-0.1, -0.05) is 51.4 Å². The van der Waals surface area contributed by atoms with E-state index in [9.17, 15) is 0 Å². The monoisotopic (exact) mass is 236 g/mol. The van der Waals surface area contributed by atoms with Crippen LogP contribution in [0.25, 0.3) is 0 Å². The Hall–Kier alpha value is -0.530. The average Bonchev–Trinajstić information content (AvgIpc) is 2.41. The van der Waals surface area contributed by atoms with E-state index in [1.807, 2.05) is 0 Å². The van der Waals surface area contributed by atoms with Crippen molar-refractivity contribution in [3.63, 3.8) is 0 Å². The molecule has 0 bridgehead atoms. The second-order valence-electron chi connectivity index (χ2n) is 5.90. The van der Waals surface area contributed by atoms with E-state index < -0.39 is 0 Å². The first kappa shape index (κ1) is 12.9. The Bertz CT molecular complexity index is 225. The third-order valence-corrected chi connectivity index (χ3v) is 4.53. The predicted molar refractivity (Wildman–Crippen MR) is 74.3 cm³/mol. The lowest BCUT2D eigenvalue weighted by Crippen LogP contribution is -2.29. The third-order valence-electron chi connectivity index (χ3n) is 4.53. The second-order valence-corrected chi connectivity index (χ2v) is 5.90. The topological polar surface area (TPSA) is 15.6 Å². The summed E-state index contributed by atoms with van der Waals surface area (Å²) in [6.07, 6.45) is 17.5. The molecule has 2 aliphatic rings. The summed E-state index contributed by atoms with van der Waals surface area (Å²) in [5.74, 6) is 0.923. The smallest absolute Gasteiger partial charge is 0.0467 e. The molecule has 0 amide bonds. The fourth-order valence-electron chi connectivity index (χ4n) is 3.30. The lowest BCUT2D eigenvalue weighted by Gasteiger charge is -2.29. The van der Waals surface area contributed by atoms with Gasteiger partial charge in [0.2, 0.25) is 0 Å². The first-order chi connectivity index (χ1) is 8.36. The average molecular weight is 236 g/mol. The number of hydrogen-bond acceptors (Lipinski definition) is 2. The van der Waals surface area contributed by atoms with Crippen LogP contribution in [0, 0.1) is 5.92 Å². The lowest BCUT2D eigenvalue weighted by atomic mass is 9.87. The SMILES string of the molecule is CN(/N=C\CC1CCCCC1)C1CCCCC1. The van der Waals surface area contributed by atoms with Crippen LogP contribution in [0.1, 0.15) is 70.6 Å². The van der Waals surface area contributed by atoms with Gasteiger partial charge in [0.25, 0.3) is 0 Å². The van der Waals surface area contributed by atoms with Gasteiger partial charge in [-0.25, -0.2) is 0 Å². The molecule has 2 heteroatoms. The first-order valence-corrected chi connectivity index (χ1v) is 7.61. The van der Waals surface area contributed by atoms with Crippen LogP contribution in [0.2, 0.25) is 0 Å². The summed E-state index contributed by atoms with van der Waals surface area (Å²) in [5.41, 5.74) is 0. The van der Waals surface area contributed by atoms with Gasteiger partial charge >= 0.3 is 0 Å². The molecule has 0 N–H and O–H groups in total. The van der Waals surface area contributed by atoms with Crippen molar-refractivity contribution in [3.8, 4) is 0 Å².